The van der Waals surface area contributed by atoms with Gasteiger partial charge < -0.3 is 4.98 Å². The van der Waals surface area contributed by atoms with Gasteiger partial charge in [-0.25, -0.2) is 13.8 Å². The van der Waals surface area contributed by atoms with Crippen LogP contribution in [0.25, 0.3) is 37.1 Å². The molecular weight excluding hydrogens is 375 g/mol. The summed E-state index contributed by atoms with van der Waals surface area (Å²) in [6, 6.07) is 21.1. The van der Waals surface area contributed by atoms with Crippen LogP contribution in [-0.2, 0) is 0 Å². The van der Waals surface area contributed by atoms with Crippen molar-refractivity contribution in [1.29, 1.82) is 0 Å². The predicted octanol–water partition coefficient (Wildman–Crippen LogP) is 4.70. The number of nitrogens with zero attached hydrogens (tertiary/aromatic N) is 1. The number of nitrogens with one attached hydrogen (secondary N) is 1. The maximum absolute atomic E-state index is 14.2. The van der Waals surface area contributed by atoms with Gasteiger partial charge in [-0.05, 0) is 23.6 Å². The first kappa shape index (κ1) is 16.6. The molecule has 136 valence electrons. The van der Waals surface area contributed by atoms with Gasteiger partial charge in [0.05, 0.1) is 11.2 Å². The maximum atomic E-state index is 14.2. The molecule has 5 rings (SSSR count). The number of H-pyrrole nitrogens is 1. The molecule has 0 bridgehead atoms. The molecule has 0 aliphatic rings. The van der Waals surface area contributed by atoms with Crippen molar-refractivity contribution in [1.82, 2.24) is 9.55 Å². The van der Waals surface area contributed by atoms with Crippen molar-refractivity contribution in [3.8, 4) is 16.1 Å². The highest BCUT2D eigenvalue weighted by Crippen LogP contribution is 2.32. The molecular formula is C22H13FN2O2S. The van der Waals surface area contributed by atoms with E-state index in [4.69, 9.17) is 0 Å². The normalized spacial score (nSPS) is 11.3. The summed E-state index contributed by atoms with van der Waals surface area (Å²) in [5, 5.41) is 1.74. The summed E-state index contributed by atoms with van der Waals surface area (Å²) in [6.07, 6.45) is 0. The molecule has 0 atom stereocenters. The fraction of sp³-hybridized carbons (Fsp3) is 0. The van der Waals surface area contributed by atoms with Crippen LogP contribution < -0.4 is 11.2 Å². The third-order valence-corrected chi connectivity index (χ3v) is 5.88. The van der Waals surface area contributed by atoms with E-state index in [-0.39, 0.29) is 5.82 Å². The van der Waals surface area contributed by atoms with Crippen molar-refractivity contribution in [3.63, 3.8) is 0 Å². The highest BCUT2D eigenvalue weighted by atomic mass is 32.1. The fourth-order valence-electron chi connectivity index (χ4n) is 3.42. The number of aromatic nitrogens is 2. The molecule has 0 amide bonds. The summed E-state index contributed by atoms with van der Waals surface area (Å²) >= 11 is 1.17. The quantitative estimate of drug-likeness (QED) is 0.477. The van der Waals surface area contributed by atoms with Gasteiger partial charge in [-0.1, -0.05) is 54.6 Å². The molecule has 5 aromatic rings. The average molecular weight is 388 g/mol. The lowest BCUT2D eigenvalue weighted by molar-refractivity contribution is 0.632. The van der Waals surface area contributed by atoms with Gasteiger partial charge in [-0.3, -0.25) is 4.79 Å². The molecule has 0 spiro atoms. The van der Waals surface area contributed by atoms with Crippen LogP contribution >= 0.6 is 11.3 Å². The Morgan fingerprint density at radius 2 is 1.64 bits per heavy atom. The summed E-state index contributed by atoms with van der Waals surface area (Å²) in [6.45, 7) is 0. The Hall–Kier alpha value is -3.51. The minimum absolute atomic E-state index is 0.370. The maximum Gasteiger partial charge on any atom is 0.333 e. The molecule has 2 heterocycles. The molecule has 1 N–H and O–H groups in total. The second-order valence-electron chi connectivity index (χ2n) is 6.40. The largest absolute Gasteiger partial charge is 0.333 e. The Bertz CT molecular complexity index is 1470. The van der Waals surface area contributed by atoms with Crippen LogP contribution in [0.5, 0.6) is 0 Å². The zero-order valence-corrected chi connectivity index (χ0v) is 15.3. The summed E-state index contributed by atoms with van der Waals surface area (Å²) in [5.41, 5.74) is 0.400. The molecule has 0 saturated heterocycles. The van der Waals surface area contributed by atoms with Gasteiger partial charge in [-0.2, -0.15) is 0 Å². The van der Waals surface area contributed by atoms with Crippen LogP contribution in [0.3, 0.4) is 0 Å². The lowest BCUT2D eigenvalue weighted by Gasteiger charge is -2.08. The fourth-order valence-corrected chi connectivity index (χ4v) is 4.49. The highest BCUT2D eigenvalue weighted by Gasteiger charge is 2.16. The molecule has 3 aromatic carbocycles. The van der Waals surface area contributed by atoms with Crippen molar-refractivity contribution in [2.75, 3.05) is 0 Å². The van der Waals surface area contributed by atoms with Gasteiger partial charge in [-0.15, -0.1) is 11.3 Å². The third kappa shape index (κ3) is 2.50. The number of aromatic amines is 1. The number of thiophene rings is 1. The highest BCUT2D eigenvalue weighted by molar-refractivity contribution is 7.22. The molecule has 0 fully saturated rings. The lowest BCUT2D eigenvalue weighted by atomic mass is 10.1. The van der Waals surface area contributed by atoms with Gasteiger partial charge in [0.1, 0.15) is 10.5 Å². The number of halogens is 1. The SMILES string of the molecule is O=c1[nH]c2cc(-c3ccccc3F)sc2c(=O)n1-c1cccc2ccccc12. The Kier molecular flexibility index (Phi) is 3.74. The number of fused-ring (bicyclic) bond motifs is 2. The number of hydrogen-bond donors (Lipinski definition) is 1. The van der Waals surface area contributed by atoms with E-state index in [1.165, 1.54) is 17.4 Å². The van der Waals surface area contributed by atoms with Crippen LogP contribution in [0.1, 0.15) is 0 Å². The van der Waals surface area contributed by atoms with E-state index in [1.54, 1.807) is 30.3 Å². The summed E-state index contributed by atoms with van der Waals surface area (Å²) < 4.78 is 15.7. The van der Waals surface area contributed by atoms with Gasteiger partial charge >= 0.3 is 5.69 Å². The van der Waals surface area contributed by atoms with Crippen LogP contribution in [0.4, 0.5) is 4.39 Å². The Morgan fingerprint density at radius 3 is 2.50 bits per heavy atom. The number of hydrogen-bond acceptors (Lipinski definition) is 3. The first-order valence-electron chi connectivity index (χ1n) is 8.65. The summed E-state index contributed by atoms with van der Waals surface area (Å²) in [7, 11) is 0. The Labute approximate surface area is 162 Å². The number of benzene rings is 3. The Balaban J connectivity index is 1.81. The van der Waals surface area contributed by atoms with Gasteiger partial charge in [0.15, 0.2) is 0 Å². The monoisotopic (exact) mass is 388 g/mol. The van der Waals surface area contributed by atoms with E-state index in [0.29, 0.717) is 26.3 Å². The Morgan fingerprint density at radius 1 is 0.893 bits per heavy atom. The standard InChI is InChI=1S/C22H13FN2O2S/c23-16-10-4-3-9-15(16)19-12-17-20(28-19)21(26)25(22(27)24-17)18-11-5-7-13-6-1-2-8-14(13)18/h1-12H,(H,24,27). The van der Waals surface area contributed by atoms with Gasteiger partial charge in [0, 0.05) is 15.8 Å². The molecule has 0 aliphatic carbocycles. The van der Waals surface area contributed by atoms with Crippen LogP contribution in [0, 0.1) is 5.82 Å². The zero-order valence-electron chi connectivity index (χ0n) is 14.5. The zero-order chi connectivity index (χ0) is 19.3. The van der Waals surface area contributed by atoms with Crippen LogP contribution in [0.2, 0.25) is 0 Å². The van der Waals surface area contributed by atoms with E-state index in [2.05, 4.69) is 4.98 Å². The molecule has 2 aromatic heterocycles. The van der Waals surface area contributed by atoms with Crippen molar-refractivity contribution in [3.05, 3.63) is 99.5 Å². The molecule has 0 unspecified atom stereocenters. The molecule has 0 radical (unpaired) electrons. The van der Waals surface area contributed by atoms with Crippen molar-refractivity contribution < 1.29 is 4.39 Å². The molecule has 28 heavy (non-hydrogen) atoms. The van der Waals surface area contributed by atoms with Crippen molar-refractivity contribution in [2.24, 2.45) is 0 Å². The number of rotatable bonds is 2. The summed E-state index contributed by atoms with van der Waals surface area (Å²) in [5.74, 6) is -0.370. The van der Waals surface area contributed by atoms with E-state index in [1.807, 2.05) is 36.4 Å². The first-order valence-corrected chi connectivity index (χ1v) is 9.47. The summed E-state index contributed by atoms with van der Waals surface area (Å²) in [4.78, 5) is 29.3. The first-order chi connectivity index (χ1) is 13.6. The van der Waals surface area contributed by atoms with Gasteiger partial charge in [0.2, 0.25) is 0 Å². The third-order valence-electron chi connectivity index (χ3n) is 4.72. The molecule has 6 heteroatoms. The van der Waals surface area contributed by atoms with E-state index < -0.39 is 11.2 Å². The lowest BCUT2D eigenvalue weighted by Crippen LogP contribution is -2.33. The second kappa shape index (κ2) is 6.28. The van der Waals surface area contributed by atoms with Crippen LogP contribution in [-0.4, -0.2) is 9.55 Å². The van der Waals surface area contributed by atoms with Crippen molar-refractivity contribution >= 4 is 32.3 Å². The molecule has 4 nitrogen and oxygen atoms in total. The second-order valence-corrected chi connectivity index (χ2v) is 7.45. The van der Waals surface area contributed by atoms with Gasteiger partial charge in [0.25, 0.3) is 5.56 Å². The van der Waals surface area contributed by atoms with Crippen molar-refractivity contribution in [2.45, 2.75) is 0 Å². The van der Waals surface area contributed by atoms with Crippen LogP contribution in [0.15, 0.2) is 82.4 Å². The van der Waals surface area contributed by atoms with E-state index in [9.17, 15) is 14.0 Å². The molecule has 0 saturated carbocycles. The minimum atomic E-state index is -0.522. The smallest absolute Gasteiger partial charge is 0.306 e. The van der Waals surface area contributed by atoms with E-state index in [0.717, 1.165) is 15.3 Å². The molecule has 0 aliphatic heterocycles. The average Bonchev–Trinajstić information content (AvgIpc) is 3.12. The van der Waals surface area contributed by atoms with E-state index >= 15 is 0 Å². The topological polar surface area (TPSA) is 54.9 Å². The minimum Gasteiger partial charge on any atom is -0.306 e. The predicted molar refractivity (Wildman–Crippen MR) is 111 cm³/mol.